The van der Waals surface area contributed by atoms with Gasteiger partial charge in [-0.25, -0.2) is 0 Å². The van der Waals surface area contributed by atoms with Crippen molar-refractivity contribution >= 4 is 11.8 Å². The van der Waals surface area contributed by atoms with E-state index >= 15 is 0 Å². The Morgan fingerprint density at radius 1 is 1.29 bits per heavy atom. The maximum absolute atomic E-state index is 13.2. The number of hydrogen-bond acceptors (Lipinski definition) is 2. The fraction of sp³-hybridized carbons (Fsp3) is 0.474. The minimum atomic E-state index is -0.797. The quantitative estimate of drug-likeness (QED) is 0.855. The Morgan fingerprint density at radius 3 is 2.75 bits per heavy atom. The molecule has 0 saturated carbocycles. The van der Waals surface area contributed by atoms with Crippen molar-refractivity contribution in [3.8, 4) is 0 Å². The summed E-state index contributed by atoms with van der Waals surface area (Å²) in [7, 11) is 0. The van der Waals surface area contributed by atoms with Crippen molar-refractivity contribution in [2.45, 2.75) is 58.5 Å². The number of aryl methyl sites for hydroxylation is 2. The predicted molar refractivity (Wildman–Crippen MR) is 91.6 cm³/mol. The second-order valence-corrected chi connectivity index (χ2v) is 6.34. The van der Waals surface area contributed by atoms with Gasteiger partial charge in [-0.1, -0.05) is 13.3 Å². The van der Waals surface area contributed by atoms with Crippen molar-refractivity contribution < 1.29 is 14.7 Å². The third-order valence-corrected chi connectivity index (χ3v) is 4.99. The minimum absolute atomic E-state index is 0.00371. The Balaban J connectivity index is 2.14. The summed E-state index contributed by atoms with van der Waals surface area (Å²) in [5, 5.41) is 9.59. The molecule has 2 aromatic heterocycles. The Kier molecular flexibility index (Phi) is 4.60. The van der Waals surface area contributed by atoms with Crippen LogP contribution < -0.4 is 0 Å². The van der Waals surface area contributed by atoms with Gasteiger partial charge in [-0.05, 0) is 49.9 Å². The van der Waals surface area contributed by atoms with E-state index in [0.717, 1.165) is 37.1 Å². The van der Waals surface area contributed by atoms with E-state index in [9.17, 15) is 14.7 Å². The predicted octanol–water partition coefficient (Wildman–Crippen LogP) is 3.46. The van der Waals surface area contributed by atoms with Gasteiger partial charge < -0.3 is 14.2 Å². The molecular formula is C19H24N2O3. The molecule has 0 radical (unpaired) electrons. The third-order valence-electron chi connectivity index (χ3n) is 4.99. The van der Waals surface area contributed by atoms with Gasteiger partial charge in [0.1, 0.15) is 0 Å². The number of carboxylic acids is 1. The van der Waals surface area contributed by atoms with E-state index in [2.05, 4.69) is 0 Å². The van der Waals surface area contributed by atoms with Gasteiger partial charge in [-0.15, -0.1) is 0 Å². The smallest absolute Gasteiger partial charge is 0.312 e. The van der Waals surface area contributed by atoms with E-state index in [1.165, 1.54) is 0 Å². The summed E-state index contributed by atoms with van der Waals surface area (Å²) in [6, 6.07) is 5.67. The summed E-state index contributed by atoms with van der Waals surface area (Å²) < 4.78 is 3.91. The van der Waals surface area contributed by atoms with E-state index in [1.807, 2.05) is 47.4 Å². The molecule has 1 atom stereocenters. The molecule has 1 aliphatic rings. The summed E-state index contributed by atoms with van der Waals surface area (Å²) in [4.78, 5) is 24.9. The molecule has 1 aliphatic heterocycles. The first kappa shape index (κ1) is 16.6. The molecule has 0 fully saturated rings. The zero-order valence-corrected chi connectivity index (χ0v) is 14.3. The lowest BCUT2D eigenvalue weighted by Crippen LogP contribution is -2.18. The fourth-order valence-electron chi connectivity index (χ4n) is 3.73. The Hall–Kier alpha value is -2.30. The molecule has 0 aliphatic carbocycles. The fourth-order valence-corrected chi connectivity index (χ4v) is 3.73. The Bertz CT molecular complexity index is 770. The van der Waals surface area contributed by atoms with Crippen LogP contribution in [0.4, 0.5) is 0 Å². The van der Waals surface area contributed by atoms with Crippen molar-refractivity contribution in [3.63, 3.8) is 0 Å². The van der Waals surface area contributed by atoms with Crippen LogP contribution in [0, 0.1) is 0 Å². The highest BCUT2D eigenvalue weighted by Crippen LogP contribution is 2.32. The lowest BCUT2D eigenvalue weighted by Gasteiger charge is -2.14. The Morgan fingerprint density at radius 2 is 2.08 bits per heavy atom. The van der Waals surface area contributed by atoms with E-state index in [-0.39, 0.29) is 5.78 Å². The van der Waals surface area contributed by atoms with Crippen LogP contribution in [0.5, 0.6) is 0 Å². The van der Waals surface area contributed by atoms with E-state index in [0.29, 0.717) is 24.4 Å². The number of aromatic nitrogens is 2. The molecule has 3 rings (SSSR count). The minimum Gasteiger partial charge on any atom is -0.481 e. The number of hydrogen-bond donors (Lipinski definition) is 1. The zero-order valence-electron chi connectivity index (χ0n) is 14.3. The first-order valence-corrected chi connectivity index (χ1v) is 8.73. The first-order chi connectivity index (χ1) is 11.6. The second-order valence-electron chi connectivity index (χ2n) is 6.34. The van der Waals surface area contributed by atoms with Crippen molar-refractivity contribution in [1.29, 1.82) is 0 Å². The van der Waals surface area contributed by atoms with Gasteiger partial charge >= 0.3 is 5.97 Å². The lowest BCUT2D eigenvalue weighted by atomic mass is 9.99. The topological polar surface area (TPSA) is 64.2 Å². The summed E-state index contributed by atoms with van der Waals surface area (Å²) in [5.74, 6) is -1.32. The van der Waals surface area contributed by atoms with Crippen molar-refractivity contribution in [2.75, 3.05) is 0 Å². The standard InChI is InChI=1S/C19H24N2O3/c1-3-13-12-16-14(19(23)24)8-5-6-11-21(16)17(13)18(22)15-9-7-10-20(15)4-2/h7,9-10,12,14H,3-6,8,11H2,1-2H3,(H,23,24). The van der Waals surface area contributed by atoms with Gasteiger partial charge in [0.25, 0.3) is 0 Å². The number of fused-ring (bicyclic) bond motifs is 1. The van der Waals surface area contributed by atoms with Crippen LogP contribution in [0.15, 0.2) is 24.4 Å². The molecule has 24 heavy (non-hydrogen) atoms. The molecule has 5 heteroatoms. The highest BCUT2D eigenvalue weighted by atomic mass is 16.4. The largest absolute Gasteiger partial charge is 0.481 e. The molecular weight excluding hydrogens is 304 g/mol. The molecule has 0 amide bonds. The molecule has 0 saturated heterocycles. The first-order valence-electron chi connectivity index (χ1n) is 8.73. The average Bonchev–Trinajstić information content (AvgIpc) is 3.13. The zero-order chi connectivity index (χ0) is 17.3. The molecule has 2 aromatic rings. The molecule has 128 valence electrons. The van der Waals surface area contributed by atoms with Crippen molar-refractivity contribution in [2.24, 2.45) is 0 Å². The number of nitrogens with zero attached hydrogens (tertiary/aromatic N) is 2. The normalized spacial score (nSPS) is 17.3. The maximum Gasteiger partial charge on any atom is 0.312 e. The van der Waals surface area contributed by atoms with Gasteiger partial charge in [0.15, 0.2) is 0 Å². The summed E-state index contributed by atoms with van der Waals surface area (Å²) >= 11 is 0. The highest BCUT2D eigenvalue weighted by molar-refractivity contribution is 6.08. The number of ketones is 1. The number of carboxylic acid groups (broad SMARTS) is 1. The number of rotatable bonds is 5. The van der Waals surface area contributed by atoms with E-state index in [1.54, 1.807) is 0 Å². The van der Waals surface area contributed by atoms with Gasteiger partial charge in [0, 0.05) is 25.0 Å². The molecule has 0 aromatic carbocycles. The van der Waals surface area contributed by atoms with Crippen LogP contribution in [-0.2, 0) is 24.3 Å². The molecule has 1 unspecified atom stereocenters. The third kappa shape index (κ3) is 2.68. The lowest BCUT2D eigenvalue weighted by molar-refractivity contribution is -0.139. The van der Waals surface area contributed by atoms with E-state index in [4.69, 9.17) is 0 Å². The summed E-state index contributed by atoms with van der Waals surface area (Å²) in [6.45, 7) is 5.48. The van der Waals surface area contributed by atoms with Gasteiger partial charge in [-0.2, -0.15) is 0 Å². The number of carbonyl (C=O) groups is 2. The highest BCUT2D eigenvalue weighted by Gasteiger charge is 2.31. The van der Waals surface area contributed by atoms with Gasteiger partial charge in [-0.3, -0.25) is 9.59 Å². The molecule has 3 heterocycles. The van der Waals surface area contributed by atoms with Crippen LogP contribution in [0.2, 0.25) is 0 Å². The van der Waals surface area contributed by atoms with Crippen LogP contribution in [0.3, 0.4) is 0 Å². The molecule has 5 nitrogen and oxygen atoms in total. The van der Waals surface area contributed by atoms with Gasteiger partial charge in [0.2, 0.25) is 5.78 Å². The summed E-state index contributed by atoms with van der Waals surface area (Å²) in [6.07, 6.45) is 5.05. The van der Waals surface area contributed by atoms with Crippen LogP contribution in [-0.4, -0.2) is 26.0 Å². The molecule has 0 spiro atoms. The maximum atomic E-state index is 13.2. The van der Waals surface area contributed by atoms with Crippen LogP contribution in [0.25, 0.3) is 0 Å². The van der Waals surface area contributed by atoms with Crippen LogP contribution >= 0.6 is 0 Å². The average molecular weight is 328 g/mol. The second kappa shape index (κ2) is 6.67. The van der Waals surface area contributed by atoms with Crippen LogP contribution in [0.1, 0.15) is 66.5 Å². The van der Waals surface area contributed by atoms with E-state index < -0.39 is 11.9 Å². The molecule has 0 bridgehead atoms. The monoisotopic (exact) mass is 328 g/mol. The van der Waals surface area contributed by atoms with Crippen molar-refractivity contribution in [1.82, 2.24) is 9.13 Å². The van der Waals surface area contributed by atoms with Crippen molar-refractivity contribution in [3.05, 3.63) is 47.0 Å². The van der Waals surface area contributed by atoms with Gasteiger partial charge in [0.05, 0.1) is 17.3 Å². The summed E-state index contributed by atoms with van der Waals surface area (Å²) in [5.41, 5.74) is 3.08. The number of carbonyl (C=O) groups excluding carboxylic acids is 1. The number of aliphatic carboxylic acids is 1. The molecule has 1 N–H and O–H groups in total. The SMILES string of the molecule is CCc1cc2n(c1C(=O)c1cccn1CC)CCCCC2C(=O)O. The Labute approximate surface area is 141 Å².